The Morgan fingerprint density at radius 2 is 1.69 bits per heavy atom. The summed E-state index contributed by atoms with van der Waals surface area (Å²) >= 11 is 6.25. The molecule has 1 aliphatic heterocycles. The number of halogens is 1. The van der Waals surface area contributed by atoms with E-state index in [1.807, 2.05) is 47.5 Å². The van der Waals surface area contributed by atoms with E-state index in [1.165, 1.54) is 0 Å². The lowest BCUT2D eigenvalue weighted by atomic mass is 10.0. The molecule has 8 heteroatoms. The smallest absolute Gasteiger partial charge is 0.253 e. The number of nitrogens with zero attached hydrogens (tertiary/aromatic N) is 3. The van der Waals surface area contributed by atoms with Crippen molar-refractivity contribution in [1.29, 1.82) is 0 Å². The molecule has 0 bridgehead atoms. The van der Waals surface area contributed by atoms with Crippen LogP contribution < -0.4 is 10.2 Å². The van der Waals surface area contributed by atoms with Gasteiger partial charge < -0.3 is 20.1 Å². The Morgan fingerprint density at radius 3 is 2.46 bits per heavy atom. The van der Waals surface area contributed by atoms with Gasteiger partial charge in [-0.05, 0) is 35.9 Å². The molecular formula is C27H26ClN5O2. The first-order valence-corrected chi connectivity index (χ1v) is 12.0. The predicted octanol–water partition coefficient (Wildman–Crippen LogP) is 3.91. The summed E-state index contributed by atoms with van der Waals surface area (Å²) in [6, 6.07) is 18.1. The van der Waals surface area contributed by atoms with Crippen molar-refractivity contribution in [2.45, 2.75) is 12.5 Å². The third-order valence-corrected chi connectivity index (χ3v) is 6.77. The molecule has 2 aromatic heterocycles. The van der Waals surface area contributed by atoms with Crippen LogP contribution in [0.3, 0.4) is 0 Å². The number of piperazine rings is 1. The van der Waals surface area contributed by atoms with Crippen LogP contribution in [-0.2, 0) is 11.2 Å². The number of aromatic nitrogens is 2. The number of para-hydroxylation sites is 1. The average molecular weight is 488 g/mol. The van der Waals surface area contributed by atoms with Gasteiger partial charge in [-0.3, -0.25) is 14.6 Å². The molecule has 7 nitrogen and oxygen atoms in total. The molecule has 2 N–H and O–H groups in total. The van der Waals surface area contributed by atoms with Crippen molar-refractivity contribution in [2.75, 3.05) is 31.1 Å². The molecule has 0 aliphatic carbocycles. The highest BCUT2D eigenvalue weighted by Gasteiger charge is 2.30. The van der Waals surface area contributed by atoms with Gasteiger partial charge >= 0.3 is 0 Å². The van der Waals surface area contributed by atoms with Crippen molar-refractivity contribution in [3.63, 3.8) is 0 Å². The number of anilines is 1. The Labute approximate surface area is 208 Å². The van der Waals surface area contributed by atoms with Crippen molar-refractivity contribution in [3.05, 3.63) is 95.4 Å². The van der Waals surface area contributed by atoms with E-state index >= 15 is 0 Å². The first kappa shape index (κ1) is 22.9. The van der Waals surface area contributed by atoms with E-state index in [-0.39, 0.29) is 11.8 Å². The molecule has 1 aliphatic rings. The SMILES string of the molecule is O=C(NC(Cc1c[nH]c2ccccc12)C(=O)N1CCN(c2ccncc2)CC1)c1ccccc1Cl. The van der Waals surface area contributed by atoms with Crippen LogP contribution in [0.4, 0.5) is 5.69 Å². The third kappa shape index (κ3) is 5.00. The summed E-state index contributed by atoms with van der Waals surface area (Å²) in [6.07, 6.45) is 5.83. The number of hydrogen-bond donors (Lipinski definition) is 2. The minimum Gasteiger partial charge on any atom is -0.368 e. The van der Waals surface area contributed by atoms with Crippen molar-refractivity contribution in [3.8, 4) is 0 Å². The lowest BCUT2D eigenvalue weighted by Crippen LogP contribution is -2.55. The summed E-state index contributed by atoms with van der Waals surface area (Å²) in [4.78, 5) is 38.2. The number of amides is 2. The maximum absolute atomic E-state index is 13.7. The fraction of sp³-hybridized carbons (Fsp3) is 0.222. The highest BCUT2D eigenvalue weighted by molar-refractivity contribution is 6.33. The molecule has 5 rings (SSSR count). The Bertz CT molecular complexity index is 1330. The molecular weight excluding hydrogens is 462 g/mol. The summed E-state index contributed by atoms with van der Waals surface area (Å²) < 4.78 is 0. The van der Waals surface area contributed by atoms with E-state index in [0.717, 1.165) is 22.2 Å². The standard InChI is InChI=1S/C27H26ClN5O2/c28-23-7-3-1-6-22(23)26(34)31-25(17-19-18-30-24-8-4-2-5-21(19)24)27(35)33-15-13-32(14-16-33)20-9-11-29-12-10-20/h1-12,18,25,30H,13-17H2,(H,31,34). The van der Waals surface area contributed by atoms with Crippen LogP contribution in [0.5, 0.6) is 0 Å². The van der Waals surface area contributed by atoms with Crippen LogP contribution in [0, 0.1) is 0 Å². The van der Waals surface area contributed by atoms with Gasteiger partial charge in [0, 0.05) is 67.8 Å². The molecule has 178 valence electrons. The van der Waals surface area contributed by atoms with Gasteiger partial charge in [0.25, 0.3) is 5.91 Å². The maximum atomic E-state index is 13.7. The Kier molecular flexibility index (Phi) is 6.68. The van der Waals surface area contributed by atoms with Crippen LogP contribution in [0.15, 0.2) is 79.3 Å². The number of aromatic amines is 1. The second-order valence-corrected chi connectivity index (χ2v) is 8.99. The average Bonchev–Trinajstić information content (AvgIpc) is 3.31. The zero-order valence-electron chi connectivity index (χ0n) is 19.2. The highest BCUT2D eigenvalue weighted by Crippen LogP contribution is 2.22. The fourth-order valence-corrected chi connectivity index (χ4v) is 4.78. The quantitative estimate of drug-likeness (QED) is 0.432. The number of H-pyrrole nitrogens is 1. The lowest BCUT2D eigenvalue weighted by molar-refractivity contribution is -0.133. The first-order chi connectivity index (χ1) is 17.1. The number of nitrogens with one attached hydrogen (secondary N) is 2. The zero-order valence-corrected chi connectivity index (χ0v) is 19.9. The topological polar surface area (TPSA) is 81.3 Å². The second-order valence-electron chi connectivity index (χ2n) is 8.59. The normalized spacial score (nSPS) is 14.7. The predicted molar refractivity (Wildman–Crippen MR) is 138 cm³/mol. The summed E-state index contributed by atoms with van der Waals surface area (Å²) in [7, 11) is 0. The van der Waals surface area contributed by atoms with E-state index < -0.39 is 6.04 Å². The van der Waals surface area contributed by atoms with E-state index in [1.54, 1.807) is 36.7 Å². The summed E-state index contributed by atoms with van der Waals surface area (Å²) in [5.41, 5.74) is 3.42. The molecule has 1 atom stereocenters. The molecule has 0 spiro atoms. The molecule has 2 amide bonds. The molecule has 1 saturated heterocycles. The van der Waals surface area contributed by atoms with Gasteiger partial charge in [0.2, 0.25) is 5.91 Å². The molecule has 4 aromatic rings. The Hall–Kier alpha value is -3.84. The Morgan fingerprint density at radius 1 is 0.971 bits per heavy atom. The maximum Gasteiger partial charge on any atom is 0.253 e. The van der Waals surface area contributed by atoms with Crippen molar-refractivity contribution in [1.82, 2.24) is 20.2 Å². The monoisotopic (exact) mass is 487 g/mol. The van der Waals surface area contributed by atoms with Gasteiger partial charge in [0.05, 0.1) is 10.6 Å². The fourth-order valence-electron chi connectivity index (χ4n) is 4.56. The number of hydrogen-bond acceptors (Lipinski definition) is 4. The van der Waals surface area contributed by atoms with Crippen LogP contribution >= 0.6 is 11.6 Å². The van der Waals surface area contributed by atoms with Gasteiger partial charge in [0.1, 0.15) is 6.04 Å². The minimum absolute atomic E-state index is 0.0925. The van der Waals surface area contributed by atoms with Crippen molar-refractivity contribution >= 4 is 40.0 Å². The number of carbonyl (C=O) groups is 2. The van der Waals surface area contributed by atoms with Gasteiger partial charge in [-0.25, -0.2) is 0 Å². The van der Waals surface area contributed by atoms with Crippen LogP contribution in [0.25, 0.3) is 10.9 Å². The lowest BCUT2D eigenvalue weighted by Gasteiger charge is -2.37. The van der Waals surface area contributed by atoms with E-state index in [9.17, 15) is 9.59 Å². The van der Waals surface area contributed by atoms with Crippen LogP contribution in [-0.4, -0.2) is 58.9 Å². The van der Waals surface area contributed by atoms with Crippen LogP contribution in [0.1, 0.15) is 15.9 Å². The summed E-state index contributed by atoms with van der Waals surface area (Å²) in [6.45, 7) is 2.59. The van der Waals surface area contributed by atoms with Crippen molar-refractivity contribution < 1.29 is 9.59 Å². The van der Waals surface area contributed by atoms with E-state index in [2.05, 4.69) is 20.2 Å². The van der Waals surface area contributed by atoms with Gasteiger partial charge in [-0.1, -0.05) is 41.9 Å². The highest BCUT2D eigenvalue weighted by atomic mass is 35.5. The minimum atomic E-state index is -0.717. The molecule has 1 fully saturated rings. The zero-order chi connectivity index (χ0) is 24.2. The van der Waals surface area contributed by atoms with E-state index in [0.29, 0.717) is 43.2 Å². The van der Waals surface area contributed by atoms with E-state index in [4.69, 9.17) is 11.6 Å². The molecule has 3 heterocycles. The molecule has 35 heavy (non-hydrogen) atoms. The third-order valence-electron chi connectivity index (χ3n) is 6.44. The number of benzene rings is 2. The number of fused-ring (bicyclic) bond motifs is 1. The van der Waals surface area contributed by atoms with Gasteiger partial charge in [0.15, 0.2) is 0 Å². The molecule has 0 saturated carbocycles. The summed E-state index contributed by atoms with van der Waals surface area (Å²) in [5.74, 6) is -0.450. The largest absolute Gasteiger partial charge is 0.368 e. The van der Waals surface area contributed by atoms with Gasteiger partial charge in [-0.15, -0.1) is 0 Å². The van der Waals surface area contributed by atoms with Gasteiger partial charge in [-0.2, -0.15) is 0 Å². The Balaban J connectivity index is 1.35. The number of carbonyl (C=O) groups excluding carboxylic acids is 2. The molecule has 0 radical (unpaired) electrons. The number of pyridine rings is 1. The summed E-state index contributed by atoms with van der Waals surface area (Å²) in [5, 5.41) is 4.36. The molecule has 1 unspecified atom stereocenters. The first-order valence-electron chi connectivity index (χ1n) is 11.6. The van der Waals surface area contributed by atoms with Crippen LogP contribution in [0.2, 0.25) is 5.02 Å². The molecule has 2 aromatic carbocycles. The second kappa shape index (κ2) is 10.2. The number of rotatable bonds is 6. The van der Waals surface area contributed by atoms with Crippen molar-refractivity contribution in [2.24, 2.45) is 0 Å².